The minimum Gasteiger partial charge on any atom is -0.481 e. The van der Waals surface area contributed by atoms with E-state index in [-0.39, 0.29) is 5.91 Å². The van der Waals surface area contributed by atoms with E-state index in [1.165, 1.54) is 7.11 Å². The zero-order chi connectivity index (χ0) is 23.8. The van der Waals surface area contributed by atoms with Gasteiger partial charge in [0.25, 0.3) is 5.91 Å². The topological polar surface area (TPSA) is 54.5 Å². The second-order valence-electron chi connectivity index (χ2n) is 6.25. The fraction of sp³-hybridized carbons (Fsp3) is 0.231. The highest BCUT2D eigenvalue weighted by atomic mass is 16.5. The van der Waals surface area contributed by atoms with Gasteiger partial charge < -0.3 is 15.0 Å². The summed E-state index contributed by atoms with van der Waals surface area (Å²) in [7, 11) is 3.48. The Morgan fingerprint density at radius 3 is 2.45 bits per heavy atom. The van der Waals surface area contributed by atoms with Crippen LogP contribution >= 0.6 is 0 Å². The Balaban J connectivity index is 0.00000436. The molecule has 0 radical (unpaired) electrons. The van der Waals surface area contributed by atoms with E-state index in [9.17, 15) is 4.79 Å². The molecule has 0 saturated carbocycles. The minimum atomic E-state index is -0.222. The van der Waals surface area contributed by atoms with Crippen LogP contribution in [-0.4, -0.2) is 29.9 Å². The van der Waals surface area contributed by atoms with Gasteiger partial charge in [-0.15, -0.1) is 12.8 Å². The van der Waals surface area contributed by atoms with Crippen LogP contribution in [0.1, 0.15) is 37.6 Å². The number of nitrogens with zero attached hydrogens (tertiary/aromatic N) is 2. The molecule has 0 unspecified atom stereocenters. The number of amides is 1. The van der Waals surface area contributed by atoms with Crippen molar-refractivity contribution < 1.29 is 9.53 Å². The highest BCUT2D eigenvalue weighted by Gasteiger charge is 2.09. The van der Waals surface area contributed by atoms with Crippen LogP contribution in [0.25, 0.3) is 0 Å². The number of terminal acetylenes is 1. The summed E-state index contributed by atoms with van der Waals surface area (Å²) in [5, 5.41) is 2.91. The SMILES string of the molecule is C#C.C=CC(=C/C)/C(=C\C/C(=C/C)N(C)C=C)/C=C(\C)NC(=O)c1ccnc(OC)c1. The van der Waals surface area contributed by atoms with Crippen molar-refractivity contribution >= 4 is 5.91 Å². The molecule has 0 saturated heterocycles. The lowest BCUT2D eigenvalue weighted by atomic mass is 10.0. The number of methoxy groups -OCH3 is 1. The predicted molar refractivity (Wildman–Crippen MR) is 130 cm³/mol. The summed E-state index contributed by atoms with van der Waals surface area (Å²) in [5.74, 6) is 0.174. The Hall–Kier alpha value is -3.78. The van der Waals surface area contributed by atoms with Crippen LogP contribution < -0.4 is 10.1 Å². The van der Waals surface area contributed by atoms with Gasteiger partial charge in [0.05, 0.1) is 7.11 Å². The van der Waals surface area contributed by atoms with Gasteiger partial charge in [-0.05, 0) is 50.3 Å². The number of pyridine rings is 1. The van der Waals surface area contributed by atoms with E-state index in [2.05, 4.69) is 42.4 Å². The molecule has 1 heterocycles. The number of aromatic nitrogens is 1. The van der Waals surface area contributed by atoms with Crippen molar-refractivity contribution in [3.8, 4) is 18.7 Å². The summed E-state index contributed by atoms with van der Waals surface area (Å²) in [5.41, 5.74) is 4.28. The molecule has 0 spiro atoms. The zero-order valence-electron chi connectivity index (χ0n) is 19.2. The van der Waals surface area contributed by atoms with Gasteiger partial charge in [0.15, 0.2) is 0 Å². The highest BCUT2D eigenvalue weighted by molar-refractivity contribution is 5.95. The fourth-order valence-corrected chi connectivity index (χ4v) is 2.64. The van der Waals surface area contributed by atoms with Gasteiger partial charge in [0, 0.05) is 42.7 Å². The van der Waals surface area contributed by atoms with Gasteiger partial charge >= 0.3 is 0 Å². The first kappa shape index (κ1) is 27.2. The predicted octanol–water partition coefficient (Wildman–Crippen LogP) is 5.40. The molecule has 0 aliphatic rings. The summed E-state index contributed by atoms with van der Waals surface area (Å²) in [6.45, 7) is 13.5. The van der Waals surface area contributed by atoms with Gasteiger partial charge in [-0.2, -0.15) is 0 Å². The molecule has 0 bridgehead atoms. The van der Waals surface area contributed by atoms with Gasteiger partial charge in [-0.3, -0.25) is 4.79 Å². The number of ether oxygens (including phenoxy) is 1. The molecule has 0 aliphatic carbocycles. The average molecular weight is 420 g/mol. The van der Waals surface area contributed by atoms with Crippen molar-refractivity contribution in [3.05, 3.63) is 96.2 Å². The van der Waals surface area contributed by atoms with Crippen molar-refractivity contribution in [3.63, 3.8) is 0 Å². The number of hydrogen-bond acceptors (Lipinski definition) is 4. The lowest BCUT2D eigenvalue weighted by Gasteiger charge is -2.17. The Kier molecular flexibility index (Phi) is 13.3. The molecule has 0 atom stereocenters. The first-order chi connectivity index (χ1) is 14.9. The molecule has 5 heteroatoms. The summed E-state index contributed by atoms with van der Waals surface area (Å²) < 4.78 is 5.08. The summed E-state index contributed by atoms with van der Waals surface area (Å²) in [6.07, 6.45) is 21.9. The largest absolute Gasteiger partial charge is 0.481 e. The molecule has 1 N–H and O–H groups in total. The van der Waals surface area contributed by atoms with E-state index >= 15 is 0 Å². The quantitative estimate of drug-likeness (QED) is 0.407. The van der Waals surface area contributed by atoms with Crippen LogP contribution in [0.3, 0.4) is 0 Å². The third kappa shape index (κ3) is 9.05. The molecule has 0 fully saturated rings. The molecular formula is C26H33N3O2. The lowest BCUT2D eigenvalue weighted by Crippen LogP contribution is -2.21. The van der Waals surface area contributed by atoms with Gasteiger partial charge in [-0.1, -0.05) is 37.5 Å². The van der Waals surface area contributed by atoms with Crippen LogP contribution in [-0.2, 0) is 0 Å². The molecule has 1 amide bonds. The molecule has 5 nitrogen and oxygen atoms in total. The lowest BCUT2D eigenvalue weighted by molar-refractivity contribution is 0.0965. The normalized spacial score (nSPS) is 12.2. The Morgan fingerprint density at radius 2 is 1.94 bits per heavy atom. The maximum atomic E-state index is 12.5. The van der Waals surface area contributed by atoms with Crippen LogP contribution in [0.2, 0.25) is 0 Å². The molecular weight excluding hydrogens is 386 g/mol. The Morgan fingerprint density at radius 1 is 1.26 bits per heavy atom. The number of nitrogens with one attached hydrogen (secondary N) is 1. The highest BCUT2D eigenvalue weighted by Crippen LogP contribution is 2.19. The van der Waals surface area contributed by atoms with Gasteiger partial charge in [-0.25, -0.2) is 4.98 Å². The van der Waals surface area contributed by atoms with E-state index in [1.54, 1.807) is 30.6 Å². The standard InChI is InChI=1S/C24H31N3O2.C2H2/c1-8-19(9-2)20(12-13-22(10-3)27(6)11-4)16-18(5)26-24(28)21-14-15-25-23(17-21)29-7;1-2/h8-12,14-17H,1,4,13H2,2-3,5-7H3,(H,26,28);1-2H/b18-16+,19-9-,20-12-,22-10-;. The molecule has 164 valence electrons. The molecule has 1 aromatic rings. The molecule has 0 aliphatic heterocycles. The number of allylic oxidation sites excluding steroid dienone is 8. The monoisotopic (exact) mass is 419 g/mol. The number of hydrogen-bond donors (Lipinski definition) is 1. The molecule has 0 aromatic carbocycles. The average Bonchev–Trinajstić information content (AvgIpc) is 2.80. The second kappa shape index (κ2) is 15.1. The Labute approximate surface area is 187 Å². The number of carbonyl (C=O) groups is 1. The van der Waals surface area contributed by atoms with Crippen molar-refractivity contribution in [2.24, 2.45) is 0 Å². The van der Waals surface area contributed by atoms with Crippen molar-refractivity contribution in [2.75, 3.05) is 14.2 Å². The maximum absolute atomic E-state index is 12.5. The maximum Gasteiger partial charge on any atom is 0.255 e. The van der Waals surface area contributed by atoms with E-state index in [4.69, 9.17) is 4.74 Å². The minimum absolute atomic E-state index is 0.222. The summed E-state index contributed by atoms with van der Waals surface area (Å²) in [4.78, 5) is 18.5. The third-order valence-electron chi connectivity index (χ3n) is 4.34. The first-order valence-corrected chi connectivity index (χ1v) is 9.73. The van der Waals surface area contributed by atoms with Crippen molar-refractivity contribution in [1.82, 2.24) is 15.2 Å². The van der Waals surface area contributed by atoms with Gasteiger partial charge in [0.2, 0.25) is 5.88 Å². The number of rotatable bonds is 10. The fourth-order valence-electron chi connectivity index (χ4n) is 2.64. The summed E-state index contributed by atoms with van der Waals surface area (Å²) >= 11 is 0. The summed E-state index contributed by atoms with van der Waals surface area (Å²) in [6, 6.07) is 3.25. The van der Waals surface area contributed by atoms with Crippen molar-refractivity contribution in [2.45, 2.75) is 27.2 Å². The van der Waals surface area contributed by atoms with E-state index in [0.29, 0.717) is 11.4 Å². The second-order valence-corrected chi connectivity index (χ2v) is 6.25. The first-order valence-electron chi connectivity index (χ1n) is 9.73. The van der Waals surface area contributed by atoms with Crippen LogP contribution in [0.4, 0.5) is 0 Å². The van der Waals surface area contributed by atoms with E-state index in [1.807, 2.05) is 50.9 Å². The van der Waals surface area contributed by atoms with Crippen molar-refractivity contribution in [1.29, 1.82) is 0 Å². The zero-order valence-corrected chi connectivity index (χ0v) is 19.2. The van der Waals surface area contributed by atoms with E-state index < -0.39 is 0 Å². The Bertz CT molecular complexity index is 902. The molecule has 31 heavy (non-hydrogen) atoms. The third-order valence-corrected chi connectivity index (χ3v) is 4.34. The smallest absolute Gasteiger partial charge is 0.255 e. The number of carbonyl (C=O) groups excluding carboxylic acids is 1. The molecule has 1 aromatic heterocycles. The van der Waals surface area contributed by atoms with E-state index in [0.717, 1.165) is 29.0 Å². The van der Waals surface area contributed by atoms with Crippen LogP contribution in [0, 0.1) is 12.8 Å². The molecule has 1 rings (SSSR count). The van der Waals surface area contributed by atoms with Gasteiger partial charge in [0.1, 0.15) is 0 Å². The van der Waals surface area contributed by atoms with Crippen LogP contribution in [0.15, 0.2) is 90.6 Å². The van der Waals surface area contributed by atoms with Crippen LogP contribution in [0.5, 0.6) is 5.88 Å².